The highest BCUT2D eigenvalue weighted by Gasteiger charge is 2.32. The number of nitrogens with zero attached hydrogens (tertiary/aromatic N) is 1. The Morgan fingerprint density at radius 2 is 1.65 bits per heavy atom. The lowest BCUT2D eigenvalue weighted by Crippen LogP contribution is -2.13. The van der Waals surface area contributed by atoms with Crippen molar-refractivity contribution in [2.75, 3.05) is 14.2 Å². The quantitative estimate of drug-likeness (QED) is 0.370. The van der Waals surface area contributed by atoms with Crippen LogP contribution in [0, 0.1) is 13.8 Å². The highest BCUT2D eigenvalue weighted by atomic mass is 16.5. The van der Waals surface area contributed by atoms with E-state index in [1.807, 2.05) is 56.3 Å². The fourth-order valence-electron chi connectivity index (χ4n) is 4.20. The topological polar surface area (TPSA) is 57.6 Å². The molecule has 5 heteroatoms. The molecule has 0 bridgehead atoms. The van der Waals surface area contributed by atoms with Crippen LogP contribution >= 0.6 is 0 Å². The van der Waals surface area contributed by atoms with Crippen molar-refractivity contribution in [3.8, 4) is 34.3 Å². The van der Waals surface area contributed by atoms with E-state index in [9.17, 15) is 4.79 Å². The molecule has 0 spiro atoms. The van der Waals surface area contributed by atoms with E-state index in [1.165, 1.54) is 0 Å². The van der Waals surface area contributed by atoms with Gasteiger partial charge in [-0.25, -0.2) is 0 Å². The first-order chi connectivity index (χ1) is 15.0. The number of pyridine rings is 1. The molecule has 0 radical (unpaired) electrons. The molecule has 1 aliphatic carbocycles. The molecule has 31 heavy (non-hydrogen) atoms. The van der Waals surface area contributed by atoms with Crippen molar-refractivity contribution in [2.24, 2.45) is 0 Å². The summed E-state index contributed by atoms with van der Waals surface area (Å²) in [5.41, 5.74) is 4.58. The summed E-state index contributed by atoms with van der Waals surface area (Å²) in [6.07, 6.45) is 1.75. The van der Waals surface area contributed by atoms with Gasteiger partial charge in [-0.05, 0) is 61.2 Å². The Kier molecular flexibility index (Phi) is 4.40. The molecule has 3 aromatic carbocycles. The standard InChI is InChI=1S/C26H21NO4/c1-14-5-7-20(15(2)11-14)31-26-21(30-4)8-6-18-23(26)25(28)19-13-17(29-3)12-16-9-10-27-24(18)22(16)19/h5-13H,1-4H3. The second-order valence-electron chi connectivity index (χ2n) is 7.65. The number of benzene rings is 3. The summed E-state index contributed by atoms with van der Waals surface area (Å²) in [5, 5.41) is 1.73. The lowest BCUT2D eigenvalue weighted by Gasteiger charge is -2.23. The number of carbonyl (C=O) groups is 1. The number of hydrogen-bond acceptors (Lipinski definition) is 5. The van der Waals surface area contributed by atoms with Crippen LogP contribution < -0.4 is 14.2 Å². The van der Waals surface area contributed by atoms with E-state index >= 15 is 0 Å². The van der Waals surface area contributed by atoms with Crippen LogP contribution in [0.2, 0.25) is 0 Å². The molecule has 0 unspecified atom stereocenters. The van der Waals surface area contributed by atoms with Gasteiger partial charge in [0.05, 0.1) is 25.5 Å². The molecule has 0 aliphatic heterocycles. The Bertz CT molecular complexity index is 1370. The van der Waals surface area contributed by atoms with Crippen LogP contribution in [0.15, 0.2) is 54.7 Å². The zero-order valence-electron chi connectivity index (χ0n) is 17.8. The lowest BCUT2D eigenvalue weighted by atomic mass is 9.84. The Labute approximate surface area is 180 Å². The first-order valence-corrected chi connectivity index (χ1v) is 9.99. The van der Waals surface area contributed by atoms with Gasteiger partial charge in [0.2, 0.25) is 0 Å². The average molecular weight is 411 g/mol. The number of carbonyl (C=O) groups excluding carboxylic acids is 1. The zero-order valence-corrected chi connectivity index (χ0v) is 17.8. The number of ketones is 1. The molecule has 0 N–H and O–H groups in total. The van der Waals surface area contributed by atoms with Crippen molar-refractivity contribution in [1.29, 1.82) is 0 Å². The summed E-state index contributed by atoms with van der Waals surface area (Å²) in [5.74, 6) is 2.04. The maximum atomic E-state index is 13.8. The van der Waals surface area contributed by atoms with Gasteiger partial charge >= 0.3 is 0 Å². The second-order valence-corrected chi connectivity index (χ2v) is 7.65. The highest BCUT2D eigenvalue weighted by molar-refractivity contribution is 6.26. The van der Waals surface area contributed by atoms with Crippen LogP contribution in [0.1, 0.15) is 27.0 Å². The van der Waals surface area contributed by atoms with Gasteiger partial charge in [-0.15, -0.1) is 0 Å². The molecule has 4 aromatic rings. The number of ether oxygens (including phenoxy) is 3. The van der Waals surface area contributed by atoms with Gasteiger partial charge in [-0.2, -0.15) is 0 Å². The van der Waals surface area contributed by atoms with Gasteiger partial charge < -0.3 is 14.2 Å². The Morgan fingerprint density at radius 3 is 2.39 bits per heavy atom. The molecular weight excluding hydrogens is 390 g/mol. The number of aromatic nitrogens is 1. The van der Waals surface area contributed by atoms with Crippen LogP contribution in [0.25, 0.3) is 22.0 Å². The van der Waals surface area contributed by atoms with Crippen LogP contribution in [0.5, 0.6) is 23.0 Å². The maximum Gasteiger partial charge on any atom is 0.198 e. The Hall–Kier alpha value is -3.86. The first kappa shape index (κ1) is 19.1. The number of hydrogen-bond donors (Lipinski definition) is 0. The Morgan fingerprint density at radius 1 is 0.839 bits per heavy atom. The number of fused-ring (bicyclic) bond motifs is 2. The summed E-state index contributed by atoms with van der Waals surface area (Å²) < 4.78 is 17.3. The van der Waals surface area contributed by atoms with Crippen molar-refractivity contribution in [2.45, 2.75) is 13.8 Å². The largest absolute Gasteiger partial charge is 0.497 e. The van der Waals surface area contributed by atoms with E-state index in [2.05, 4.69) is 4.98 Å². The van der Waals surface area contributed by atoms with Crippen LogP contribution in [-0.2, 0) is 0 Å². The van der Waals surface area contributed by atoms with Crippen molar-refractivity contribution < 1.29 is 19.0 Å². The minimum atomic E-state index is -0.141. The molecular formula is C26H21NO4. The van der Waals surface area contributed by atoms with Crippen molar-refractivity contribution in [3.63, 3.8) is 0 Å². The minimum absolute atomic E-state index is 0.141. The predicted molar refractivity (Wildman–Crippen MR) is 120 cm³/mol. The molecule has 0 amide bonds. The molecule has 1 aromatic heterocycles. The molecule has 5 rings (SSSR count). The van der Waals surface area contributed by atoms with Gasteiger partial charge in [0.15, 0.2) is 17.3 Å². The summed E-state index contributed by atoms with van der Waals surface area (Å²) in [7, 11) is 3.16. The molecule has 0 saturated heterocycles. The van der Waals surface area contributed by atoms with Crippen molar-refractivity contribution in [1.82, 2.24) is 4.98 Å². The fourth-order valence-corrected chi connectivity index (χ4v) is 4.20. The third-order valence-corrected chi connectivity index (χ3v) is 5.68. The van der Waals surface area contributed by atoms with Gasteiger partial charge in [-0.1, -0.05) is 17.7 Å². The smallest absolute Gasteiger partial charge is 0.198 e. The van der Waals surface area contributed by atoms with Crippen molar-refractivity contribution >= 4 is 16.6 Å². The monoisotopic (exact) mass is 411 g/mol. The molecule has 154 valence electrons. The van der Waals surface area contributed by atoms with Crippen molar-refractivity contribution in [3.05, 3.63) is 77.0 Å². The van der Waals surface area contributed by atoms with E-state index in [1.54, 1.807) is 26.5 Å². The fraction of sp³-hybridized carbons (Fsp3) is 0.154. The summed E-state index contributed by atoms with van der Waals surface area (Å²) in [6.45, 7) is 4.01. The van der Waals surface area contributed by atoms with E-state index in [4.69, 9.17) is 14.2 Å². The van der Waals surface area contributed by atoms with E-state index in [0.717, 1.165) is 33.2 Å². The van der Waals surface area contributed by atoms with Crippen LogP contribution in [0.4, 0.5) is 0 Å². The van der Waals surface area contributed by atoms with Gasteiger partial charge in [0.1, 0.15) is 11.5 Å². The molecule has 0 saturated carbocycles. The third kappa shape index (κ3) is 2.93. The zero-order chi connectivity index (χ0) is 21.7. The van der Waals surface area contributed by atoms with Crippen LogP contribution in [0.3, 0.4) is 0 Å². The normalized spacial score (nSPS) is 11.9. The molecule has 1 heterocycles. The lowest BCUT2D eigenvalue weighted by molar-refractivity contribution is 0.103. The third-order valence-electron chi connectivity index (χ3n) is 5.68. The predicted octanol–water partition coefficient (Wildman–Crippen LogP) is 5.87. The second kappa shape index (κ2) is 7.13. The van der Waals surface area contributed by atoms with E-state index in [-0.39, 0.29) is 5.78 Å². The summed E-state index contributed by atoms with van der Waals surface area (Å²) in [6, 6.07) is 15.2. The van der Waals surface area contributed by atoms with E-state index in [0.29, 0.717) is 34.1 Å². The van der Waals surface area contributed by atoms with Gasteiger partial charge in [0, 0.05) is 22.7 Å². The minimum Gasteiger partial charge on any atom is -0.497 e. The summed E-state index contributed by atoms with van der Waals surface area (Å²) >= 11 is 0. The number of aryl methyl sites for hydroxylation is 2. The average Bonchev–Trinajstić information content (AvgIpc) is 2.78. The highest BCUT2D eigenvalue weighted by Crippen LogP contribution is 2.47. The first-order valence-electron chi connectivity index (χ1n) is 9.99. The van der Waals surface area contributed by atoms with Gasteiger partial charge in [0.25, 0.3) is 0 Å². The summed E-state index contributed by atoms with van der Waals surface area (Å²) in [4.78, 5) is 18.4. The maximum absolute atomic E-state index is 13.8. The number of rotatable bonds is 4. The Balaban J connectivity index is 1.79. The van der Waals surface area contributed by atoms with E-state index < -0.39 is 0 Å². The number of methoxy groups -OCH3 is 2. The molecule has 0 fully saturated rings. The molecule has 0 atom stereocenters. The molecule has 5 nitrogen and oxygen atoms in total. The molecule has 1 aliphatic rings. The SMILES string of the molecule is COc1cc2c3c(nccc3c1)-c1ccc(OC)c(Oc3ccc(C)cc3C)c1C2=O. The van der Waals surface area contributed by atoms with Crippen LogP contribution in [-0.4, -0.2) is 25.0 Å². The van der Waals surface area contributed by atoms with Gasteiger partial charge in [-0.3, -0.25) is 9.78 Å².